The van der Waals surface area contributed by atoms with Crippen molar-refractivity contribution in [2.45, 2.75) is 13.0 Å². The van der Waals surface area contributed by atoms with E-state index >= 15 is 0 Å². The normalized spacial score (nSPS) is 16.6. The van der Waals surface area contributed by atoms with Crippen LogP contribution in [0.25, 0.3) is 22.3 Å². The number of halogens is 2. The SMILES string of the molecule is Cc1nc2c(-c3ccc(Cl)cc3F)nc(N3CCO[C@@H](c4cnn(C)c4)C3)nc2c(=O)[nH]1. The highest BCUT2D eigenvalue weighted by Crippen LogP contribution is 2.31. The van der Waals surface area contributed by atoms with Crippen LogP contribution in [-0.4, -0.2) is 49.4 Å². The maximum Gasteiger partial charge on any atom is 0.277 e. The van der Waals surface area contributed by atoms with E-state index in [1.54, 1.807) is 23.9 Å². The van der Waals surface area contributed by atoms with Crippen molar-refractivity contribution in [3.63, 3.8) is 0 Å². The van der Waals surface area contributed by atoms with Crippen LogP contribution < -0.4 is 10.5 Å². The average molecular weight is 456 g/mol. The highest BCUT2D eigenvalue weighted by molar-refractivity contribution is 6.30. The summed E-state index contributed by atoms with van der Waals surface area (Å²) in [6.07, 6.45) is 3.41. The van der Waals surface area contributed by atoms with E-state index in [-0.39, 0.29) is 33.4 Å². The summed E-state index contributed by atoms with van der Waals surface area (Å²) >= 11 is 5.93. The van der Waals surface area contributed by atoms with Crippen LogP contribution in [0.1, 0.15) is 17.5 Å². The number of aromatic nitrogens is 6. The molecular formula is C21H19ClFN7O2. The third kappa shape index (κ3) is 3.71. The molecule has 0 amide bonds. The molecule has 3 aromatic heterocycles. The van der Waals surface area contributed by atoms with Crippen molar-refractivity contribution >= 4 is 28.6 Å². The molecule has 0 saturated carbocycles. The highest BCUT2D eigenvalue weighted by Gasteiger charge is 2.27. The monoisotopic (exact) mass is 455 g/mol. The predicted molar refractivity (Wildman–Crippen MR) is 117 cm³/mol. The lowest BCUT2D eigenvalue weighted by molar-refractivity contribution is 0.0392. The van der Waals surface area contributed by atoms with E-state index < -0.39 is 11.4 Å². The van der Waals surface area contributed by atoms with Gasteiger partial charge in [0.05, 0.1) is 19.3 Å². The predicted octanol–water partition coefficient (Wildman–Crippen LogP) is 2.79. The Morgan fingerprint density at radius 2 is 2.09 bits per heavy atom. The molecule has 0 spiro atoms. The number of H-pyrrole nitrogens is 1. The molecule has 1 saturated heterocycles. The van der Waals surface area contributed by atoms with Crippen molar-refractivity contribution in [3.05, 3.63) is 63.2 Å². The first-order valence-corrected chi connectivity index (χ1v) is 10.4. The molecule has 32 heavy (non-hydrogen) atoms. The number of rotatable bonds is 3. The molecule has 0 aliphatic carbocycles. The van der Waals surface area contributed by atoms with Gasteiger partial charge in [-0.2, -0.15) is 5.10 Å². The summed E-state index contributed by atoms with van der Waals surface area (Å²) in [6, 6.07) is 4.30. The first-order chi connectivity index (χ1) is 15.4. The Morgan fingerprint density at radius 1 is 1.25 bits per heavy atom. The number of aryl methyl sites for hydroxylation is 2. The Labute approximate surface area is 186 Å². The third-order valence-electron chi connectivity index (χ3n) is 5.29. The zero-order valence-corrected chi connectivity index (χ0v) is 18.1. The largest absolute Gasteiger partial charge is 0.370 e. The fourth-order valence-electron chi connectivity index (χ4n) is 3.78. The molecule has 0 radical (unpaired) electrons. The Hall–Kier alpha value is -3.37. The van der Waals surface area contributed by atoms with Crippen molar-refractivity contribution < 1.29 is 9.13 Å². The minimum absolute atomic E-state index is 0.0920. The van der Waals surface area contributed by atoms with Crippen LogP contribution in [0.15, 0.2) is 35.4 Å². The van der Waals surface area contributed by atoms with Crippen molar-refractivity contribution in [3.8, 4) is 11.3 Å². The van der Waals surface area contributed by atoms with Crippen molar-refractivity contribution in [1.29, 1.82) is 0 Å². The third-order valence-corrected chi connectivity index (χ3v) is 5.53. The van der Waals surface area contributed by atoms with Gasteiger partial charge in [0.1, 0.15) is 29.0 Å². The van der Waals surface area contributed by atoms with Gasteiger partial charge in [-0.15, -0.1) is 0 Å². The summed E-state index contributed by atoms with van der Waals surface area (Å²) in [5.41, 5.74) is 1.26. The van der Waals surface area contributed by atoms with Crippen molar-refractivity contribution in [2.75, 3.05) is 24.6 Å². The summed E-state index contributed by atoms with van der Waals surface area (Å²) in [5.74, 6) is 0.131. The summed E-state index contributed by atoms with van der Waals surface area (Å²) in [7, 11) is 1.84. The molecule has 1 N–H and O–H groups in total. The van der Waals surface area contributed by atoms with Crippen LogP contribution in [0.5, 0.6) is 0 Å². The van der Waals surface area contributed by atoms with Gasteiger partial charge >= 0.3 is 0 Å². The van der Waals surface area contributed by atoms with Gasteiger partial charge in [-0.05, 0) is 25.1 Å². The van der Waals surface area contributed by atoms with Crippen LogP contribution in [0.4, 0.5) is 10.3 Å². The number of morpholine rings is 1. The minimum atomic E-state index is -0.557. The van der Waals surface area contributed by atoms with E-state index in [1.807, 2.05) is 18.1 Å². The summed E-state index contributed by atoms with van der Waals surface area (Å²) in [6.45, 7) is 3.06. The summed E-state index contributed by atoms with van der Waals surface area (Å²) < 4.78 is 22.4. The zero-order chi connectivity index (χ0) is 22.4. The standard InChI is InChI=1S/C21H19ClFN7O2/c1-11-25-18-17(14-4-3-13(22)7-15(14)23)27-21(28-19(18)20(31)26-11)30-5-6-32-16(10-30)12-8-24-29(2)9-12/h3-4,7-9,16H,5-6,10H2,1-2H3,(H,25,26,31)/t16-/m1/s1. The van der Waals surface area contributed by atoms with Gasteiger partial charge in [-0.25, -0.2) is 19.3 Å². The second-order valence-corrected chi connectivity index (χ2v) is 8.03. The second-order valence-electron chi connectivity index (χ2n) is 7.60. The van der Waals surface area contributed by atoms with E-state index in [4.69, 9.17) is 16.3 Å². The Bertz CT molecular complexity index is 1390. The lowest BCUT2D eigenvalue weighted by Crippen LogP contribution is -2.39. The van der Waals surface area contributed by atoms with Crippen molar-refractivity contribution in [2.24, 2.45) is 7.05 Å². The zero-order valence-electron chi connectivity index (χ0n) is 17.3. The van der Waals surface area contributed by atoms with Gasteiger partial charge in [-0.3, -0.25) is 9.48 Å². The Balaban J connectivity index is 1.64. The van der Waals surface area contributed by atoms with E-state index in [1.165, 1.54) is 12.1 Å². The number of hydrogen-bond donors (Lipinski definition) is 1. The Morgan fingerprint density at radius 3 is 2.84 bits per heavy atom. The van der Waals surface area contributed by atoms with E-state index in [0.29, 0.717) is 31.5 Å². The number of fused-ring (bicyclic) bond motifs is 1. The molecule has 0 unspecified atom stereocenters. The lowest BCUT2D eigenvalue weighted by atomic mass is 10.1. The number of nitrogens with one attached hydrogen (secondary N) is 1. The molecule has 5 rings (SSSR count). The van der Waals surface area contributed by atoms with Gasteiger partial charge < -0.3 is 14.6 Å². The van der Waals surface area contributed by atoms with Crippen LogP contribution in [-0.2, 0) is 11.8 Å². The van der Waals surface area contributed by atoms with Gasteiger partial charge in [0, 0.05) is 35.9 Å². The van der Waals surface area contributed by atoms with Gasteiger partial charge in [0.25, 0.3) is 5.56 Å². The van der Waals surface area contributed by atoms with Crippen LogP contribution in [0.2, 0.25) is 5.02 Å². The first kappa shape index (κ1) is 20.5. The molecule has 1 aliphatic rings. The molecule has 1 aliphatic heterocycles. The molecule has 1 fully saturated rings. The molecule has 1 aromatic carbocycles. The van der Waals surface area contributed by atoms with Crippen LogP contribution in [0.3, 0.4) is 0 Å². The molecule has 164 valence electrons. The summed E-state index contributed by atoms with van der Waals surface area (Å²) in [4.78, 5) is 30.8. The number of benzene rings is 1. The van der Waals surface area contributed by atoms with Crippen LogP contribution in [0, 0.1) is 12.7 Å². The number of nitrogens with zero attached hydrogens (tertiary/aromatic N) is 6. The van der Waals surface area contributed by atoms with Crippen molar-refractivity contribution in [1.82, 2.24) is 29.7 Å². The molecule has 0 bridgehead atoms. The molecule has 9 nitrogen and oxygen atoms in total. The number of aromatic amines is 1. The van der Waals surface area contributed by atoms with Gasteiger partial charge in [0.15, 0.2) is 5.52 Å². The van der Waals surface area contributed by atoms with E-state index in [9.17, 15) is 9.18 Å². The fraction of sp³-hybridized carbons (Fsp3) is 0.286. The van der Waals surface area contributed by atoms with Gasteiger partial charge in [-0.1, -0.05) is 11.6 Å². The van der Waals surface area contributed by atoms with Gasteiger partial charge in [0.2, 0.25) is 5.95 Å². The van der Waals surface area contributed by atoms with Crippen LogP contribution >= 0.6 is 11.6 Å². The summed E-state index contributed by atoms with van der Waals surface area (Å²) in [5, 5.41) is 4.46. The number of hydrogen-bond acceptors (Lipinski definition) is 7. The quantitative estimate of drug-likeness (QED) is 0.506. The maximum atomic E-state index is 14.8. The van der Waals surface area contributed by atoms with E-state index in [2.05, 4.69) is 25.0 Å². The lowest BCUT2D eigenvalue weighted by Gasteiger charge is -2.32. The number of anilines is 1. The Kier molecular flexibility index (Phi) is 5.10. The molecule has 11 heteroatoms. The minimum Gasteiger partial charge on any atom is -0.370 e. The topological polar surface area (TPSA) is 102 Å². The highest BCUT2D eigenvalue weighted by atomic mass is 35.5. The van der Waals surface area contributed by atoms with E-state index in [0.717, 1.165) is 5.56 Å². The first-order valence-electron chi connectivity index (χ1n) is 9.98. The molecule has 4 heterocycles. The maximum absolute atomic E-state index is 14.8. The molecular weight excluding hydrogens is 437 g/mol. The smallest absolute Gasteiger partial charge is 0.277 e. The second kappa shape index (κ2) is 7.95. The molecule has 1 atom stereocenters. The fourth-order valence-corrected chi connectivity index (χ4v) is 3.93. The number of ether oxygens (including phenoxy) is 1. The molecule has 4 aromatic rings. The average Bonchev–Trinajstić information content (AvgIpc) is 3.20.